The van der Waals surface area contributed by atoms with Crippen molar-refractivity contribution in [1.29, 1.82) is 0 Å². The van der Waals surface area contributed by atoms with E-state index in [4.69, 9.17) is 9.26 Å². The van der Waals surface area contributed by atoms with E-state index in [9.17, 15) is 4.79 Å². The van der Waals surface area contributed by atoms with Gasteiger partial charge in [-0.1, -0.05) is 16.5 Å². The van der Waals surface area contributed by atoms with E-state index in [0.717, 1.165) is 5.01 Å². The normalized spacial score (nSPS) is 11.1. The summed E-state index contributed by atoms with van der Waals surface area (Å²) in [6.45, 7) is 6.76. The second-order valence-electron chi connectivity index (χ2n) is 5.16. The van der Waals surface area contributed by atoms with Crippen molar-refractivity contribution < 1.29 is 14.1 Å². The fraction of sp³-hybridized carbons (Fsp3) is 0.400. The van der Waals surface area contributed by atoms with E-state index in [1.807, 2.05) is 6.92 Å². The van der Waals surface area contributed by atoms with Gasteiger partial charge in [0.2, 0.25) is 5.13 Å². The average molecular weight is 347 g/mol. The van der Waals surface area contributed by atoms with Gasteiger partial charge in [-0.2, -0.15) is 0 Å². The van der Waals surface area contributed by atoms with Gasteiger partial charge in [-0.15, -0.1) is 10.2 Å². The van der Waals surface area contributed by atoms with Gasteiger partial charge in [0.25, 0.3) is 11.6 Å². The Morgan fingerprint density at radius 1 is 1.38 bits per heavy atom. The van der Waals surface area contributed by atoms with E-state index in [1.54, 1.807) is 19.9 Å². The van der Waals surface area contributed by atoms with Crippen molar-refractivity contribution in [2.75, 3.05) is 18.5 Å². The van der Waals surface area contributed by atoms with Crippen LogP contribution >= 0.6 is 11.3 Å². The van der Waals surface area contributed by atoms with Crippen LogP contribution in [0.2, 0.25) is 0 Å². The maximum Gasteiger partial charge on any atom is 0.258 e. The highest BCUT2D eigenvalue weighted by Crippen LogP contribution is 2.24. The minimum absolute atomic E-state index is 0.288. The number of aryl methyl sites for hydroxylation is 2. The number of hydrogen-bond acceptors (Lipinski definition) is 8. The Bertz CT molecular complexity index is 873. The quantitative estimate of drug-likeness (QED) is 0.683. The van der Waals surface area contributed by atoms with E-state index >= 15 is 0 Å². The average Bonchev–Trinajstić information content (AvgIpc) is 3.14. The zero-order valence-corrected chi connectivity index (χ0v) is 14.4. The molecule has 9 heteroatoms. The SMILES string of the molecule is CCOCCc1nnc(NC(=O)c2cc(C)nc3onc(C)c23)s1. The molecule has 0 aliphatic rings. The smallest absolute Gasteiger partial charge is 0.258 e. The highest BCUT2D eigenvalue weighted by Gasteiger charge is 2.19. The van der Waals surface area contributed by atoms with Gasteiger partial charge >= 0.3 is 0 Å². The molecule has 0 saturated carbocycles. The molecule has 0 spiro atoms. The third-order valence-corrected chi connectivity index (χ3v) is 4.24. The monoisotopic (exact) mass is 347 g/mol. The van der Waals surface area contributed by atoms with Crippen LogP contribution in [-0.4, -0.2) is 39.5 Å². The van der Waals surface area contributed by atoms with Crippen molar-refractivity contribution in [3.05, 3.63) is 28.0 Å². The number of rotatable bonds is 6. The molecule has 0 saturated heterocycles. The lowest BCUT2D eigenvalue weighted by atomic mass is 10.1. The Morgan fingerprint density at radius 3 is 3.00 bits per heavy atom. The first-order valence-corrected chi connectivity index (χ1v) is 8.35. The Morgan fingerprint density at radius 2 is 2.21 bits per heavy atom. The van der Waals surface area contributed by atoms with Crippen LogP contribution in [0.5, 0.6) is 0 Å². The number of fused-ring (bicyclic) bond motifs is 1. The summed E-state index contributed by atoms with van der Waals surface area (Å²) in [5, 5.41) is 16.6. The molecule has 3 aromatic rings. The molecule has 0 aromatic carbocycles. The number of ether oxygens (including phenoxy) is 1. The lowest BCUT2D eigenvalue weighted by molar-refractivity contribution is 0.102. The van der Waals surface area contributed by atoms with E-state index in [2.05, 4.69) is 25.7 Å². The molecule has 1 amide bonds. The van der Waals surface area contributed by atoms with E-state index in [-0.39, 0.29) is 5.91 Å². The molecule has 0 fully saturated rings. The highest BCUT2D eigenvalue weighted by molar-refractivity contribution is 7.15. The number of amides is 1. The van der Waals surface area contributed by atoms with Crippen molar-refractivity contribution in [1.82, 2.24) is 20.3 Å². The summed E-state index contributed by atoms with van der Waals surface area (Å²) in [4.78, 5) is 16.9. The van der Waals surface area contributed by atoms with Gasteiger partial charge in [0, 0.05) is 18.7 Å². The molecule has 3 heterocycles. The molecule has 8 nitrogen and oxygen atoms in total. The standard InChI is InChI=1S/C15H17N5O3S/c1-4-22-6-5-11-18-19-15(24-11)17-13(21)10-7-8(2)16-14-12(10)9(3)20-23-14/h7H,4-6H2,1-3H3,(H,17,19,21). The molecule has 0 unspecified atom stereocenters. The Labute approximate surface area is 142 Å². The zero-order valence-electron chi connectivity index (χ0n) is 13.6. The fourth-order valence-electron chi connectivity index (χ4n) is 2.27. The lowest BCUT2D eigenvalue weighted by Crippen LogP contribution is -2.13. The second-order valence-corrected chi connectivity index (χ2v) is 6.22. The number of aromatic nitrogens is 4. The largest absolute Gasteiger partial charge is 0.381 e. The van der Waals surface area contributed by atoms with Gasteiger partial charge in [0.05, 0.1) is 23.3 Å². The molecule has 126 valence electrons. The summed E-state index contributed by atoms with van der Waals surface area (Å²) in [6.07, 6.45) is 0.671. The van der Waals surface area contributed by atoms with Gasteiger partial charge in [-0.05, 0) is 26.8 Å². The molecule has 0 bridgehead atoms. The number of anilines is 1. The minimum Gasteiger partial charge on any atom is -0.381 e. The van der Waals surface area contributed by atoms with Gasteiger partial charge in [-0.3, -0.25) is 10.1 Å². The van der Waals surface area contributed by atoms with Crippen LogP contribution in [0.3, 0.4) is 0 Å². The van der Waals surface area contributed by atoms with Crippen LogP contribution in [0.4, 0.5) is 5.13 Å². The molecule has 3 aromatic heterocycles. The number of carbonyl (C=O) groups excluding carboxylic acids is 1. The number of nitrogens with one attached hydrogen (secondary N) is 1. The molecule has 3 rings (SSSR count). The van der Waals surface area contributed by atoms with E-state index < -0.39 is 0 Å². The van der Waals surface area contributed by atoms with Crippen molar-refractivity contribution in [2.45, 2.75) is 27.2 Å². The van der Waals surface area contributed by atoms with E-state index in [0.29, 0.717) is 52.8 Å². The zero-order chi connectivity index (χ0) is 17.1. The fourth-order valence-corrected chi connectivity index (χ4v) is 2.99. The molecule has 1 N–H and O–H groups in total. The number of pyridine rings is 1. The Hall–Kier alpha value is -2.39. The Balaban J connectivity index is 1.79. The summed E-state index contributed by atoms with van der Waals surface area (Å²) in [6, 6.07) is 1.71. The molecule has 0 radical (unpaired) electrons. The van der Waals surface area contributed by atoms with E-state index in [1.165, 1.54) is 11.3 Å². The number of carbonyl (C=O) groups is 1. The molecule has 24 heavy (non-hydrogen) atoms. The Kier molecular flexibility index (Phi) is 4.81. The summed E-state index contributed by atoms with van der Waals surface area (Å²) in [5.74, 6) is -0.288. The van der Waals surface area contributed by atoms with Crippen LogP contribution in [0.1, 0.15) is 33.7 Å². The lowest BCUT2D eigenvalue weighted by Gasteiger charge is -2.03. The first-order valence-electron chi connectivity index (χ1n) is 7.53. The van der Waals surface area contributed by atoms with Crippen molar-refractivity contribution in [3.8, 4) is 0 Å². The van der Waals surface area contributed by atoms with Crippen LogP contribution < -0.4 is 5.32 Å². The molecular formula is C15H17N5O3S. The predicted octanol–water partition coefficient (Wildman–Crippen LogP) is 2.52. The number of hydrogen-bond donors (Lipinski definition) is 1. The molecule has 0 aliphatic heterocycles. The van der Waals surface area contributed by atoms with Gasteiger partial charge in [-0.25, -0.2) is 4.98 Å². The molecule has 0 atom stereocenters. The first kappa shape index (κ1) is 16.5. The highest BCUT2D eigenvalue weighted by atomic mass is 32.1. The number of nitrogens with zero attached hydrogens (tertiary/aromatic N) is 4. The summed E-state index contributed by atoms with van der Waals surface area (Å²) < 4.78 is 10.4. The minimum atomic E-state index is -0.288. The molecular weight excluding hydrogens is 330 g/mol. The summed E-state index contributed by atoms with van der Waals surface area (Å²) in [5.41, 5.74) is 2.12. The first-order chi connectivity index (χ1) is 11.6. The van der Waals surface area contributed by atoms with Crippen molar-refractivity contribution in [3.63, 3.8) is 0 Å². The van der Waals surface area contributed by atoms with Gasteiger partial charge in [0.1, 0.15) is 5.01 Å². The third kappa shape index (κ3) is 3.41. The third-order valence-electron chi connectivity index (χ3n) is 3.34. The predicted molar refractivity (Wildman–Crippen MR) is 89.3 cm³/mol. The maximum atomic E-state index is 12.6. The second kappa shape index (κ2) is 7.02. The van der Waals surface area contributed by atoms with Crippen molar-refractivity contribution in [2.24, 2.45) is 0 Å². The van der Waals surface area contributed by atoms with Crippen LogP contribution in [0.15, 0.2) is 10.6 Å². The summed E-state index contributed by atoms with van der Waals surface area (Å²) >= 11 is 1.33. The van der Waals surface area contributed by atoms with Crippen LogP contribution in [0.25, 0.3) is 11.1 Å². The van der Waals surface area contributed by atoms with Gasteiger partial charge in [0.15, 0.2) is 0 Å². The van der Waals surface area contributed by atoms with Gasteiger partial charge < -0.3 is 9.26 Å². The summed E-state index contributed by atoms with van der Waals surface area (Å²) in [7, 11) is 0. The van der Waals surface area contributed by atoms with Crippen LogP contribution in [-0.2, 0) is 11.2 Å². The molecule has 0 aliphatic carbocycles. The van der Waals surface area contributed by atoms with Crippen LogP contribution in [0, 0.1) is 13.8 Å². The maximum absolute atomic E-state index is 12.6. The van der Waals surface area contributed by atoms with Crippen molar-refractivity contribution >= 4 is 33.5 Å². The topological polar surface area (TPSA) is 103 Å².